The number of benzene rings is 3. The Labute approximate surface area is 169 Å². The molecule has 3 aromatic carbocycles. The molecule has 0 atom stereocenters. The lowest BCUT2D eigenvalue weighted by atomic mass is 10.1. The van der Waals surface area contributed by atoms with E-state index in [1.165, 1.54) is 6.07 Å². The van der Waals surface area contributed by atoms with Gasteiger partial charge in [0.2, 0.25) is 0 Å². The molecule has 0 unspecified atom stereocenters. The van der Waals surface area contributed by atoms with Gasteiger partial charge in [0, 0.05) is 16.0 Å². The third-order valence-corrected chi connectivity index (χ3v) is 5.08. The largest absolute Gasteiger partial charge is 0.416 e. The first-order chi connectivity index (χ1) is 14.0. The van der Waals surface area contributed by atoms with E-state index in [-0.39, 0.29) is 0 Å². The maximum absolute atomic E-state index is 13.1. The standard InChI is InChI=1S/C22H14F3N3S/c23-22(24,25)17-12-7-13-18(14-17)29-21-19(15-8-3-1-4-9-15)27-28-20(26-21)16-10-5-2-6-11-16/h1-14H. The van der Waals surface area contributed by atoms with E-state index in [9.17, 15) is 13.2 Å². The summed E-state index contributed by atoms with van der Waals surface area (Å²) in [7, 11) is 0. The fourth-order valence-corrected chi connectivity index (χ4v) is 3.66. The Morgan fingerprint density at radius 1 is 0.690 bits per heavy atom. The lowest BCUT2D eigenvalue weighted by Gasteiger charge is -2.11. The van der Waals surface area contributed by atoms with Gasteiger partial charge in [-0.15, -0.1) is 10.2 Å². The van der Waals surface area contributed by atoms with Crippen LogP contribution < -0.4 is 0 Å². The fourth-order valence-electron chi connectivity index (χ4n) is 2.72. The van der Waals surface area contributed by atoms with Crippen LogP contribution in [0.2, 0.25) is 0 Å². The smallest absolute Gasteiger partial charge is 0.217 e. The summed E-state index contributed by atoms with van der Waals surface area (Å²) in [5.74, 6) is 0.416. The van der Waals surface area contributed by atoms with E-state index in [2.05, 4.69) is 15.2 Å². The number of hydrogen-bond donors (Lipinski definition) is 0. The second-order valence-electron chi connectivity index (χ2n) is 6.15. The van der Waals surface area contributed by atoms with E-state index in [0.717, 1.165) is 35.0 Å². The average Bonchev–Trinajstić information content (AvgIpc) is 2.75. The Hall–Kier alpha value is -3.19. The van der Waals surface area contributed by atoms with Gasteiger partial charge in [-0.3, -0.25) is 0 Å². The first kappa shape index (κ1) is 19.1. The number of hydrogen-bond acceptors (Lipinski definition) is 4. The number of halogens is 3. The Bertz CT molecular complexity index is 1120. The third-order valence-electron chi connectivity index (χ3n) is 4.11. The van der Waals surface area contributed by atoms with Crippen LogP contribution in [0.4, 0.5) is 13.2 Å². The highest BCUT2D eigenvalue weighted by molar-refractivity contribution is 7.99. The summed E-state index contributed by atoms with van der Waals surface area (Å²) in [4.78, 5) is 5.04. The fraction of sp³-hybridized carbons (Fsp3) is 0.0455. The van der Waals surface area contributed by atoms with E-state index < -0.39 is 11.7 Å². The topological polar surface area (TPSA) is 38.7 Å². The predicted molar refractivity (Wildman–Crippen MR) is 106 cm³/mol. The number of nitrogens with zero attached hydrogens (tertiary/aromatic N) is 3. The Morgan fingerprint density at radius 3 is 2.00 bits per heavy atom. The zero-order chi connectivity index (χ0) is 20.3. The van der Waals surface area contributed by atoms with Gasteiger partial charge in [-0.25, -0.2) is 4.98 Å². The molecule has 4 aromatic rings. The molecule has 0 amide bonds. The average molecular weight is 409 g/mol. The van der Waals surface area contributed by atoms with Gasteiger partial charge in [0.25, 0.3) is 0 Å². The molecule has 29 heavy (non-hydrogen) atoms. The summed E-state index contributed by atoms with van der Waals surface area (Å²) >= 11 is 1.13. The molecule has 4 rings (SSSR count). The molecule has 7 heteroatoms. The van der Waals surface area contributed by atoms with Gasteiger partial charge in [-0.1, -0.05) is 78.5 Å². The molecule has 0 aliphatic heterocycles. The van der Waals surface area contributed by atoms with Crippen LogP contribution in [0.25, 0.3) is 22.6 Å². The Morgan fingerprint density at radius 2 is 1.34 bits per heavy atom. The molecule has 0 aliphatic rings. The third kappa shape index (κ3) is 4.46. The van der Waals surface area contributed by atoms with Crippen LogP contribution in [0.15, 0.2) is 94.9 Å². The molecule has 0 bridgehead atoms. The Kier molecular flexibility index (Phi) is 5.31. The second-order valence-corrected chi connectivity index (χ2v) is 7.21. The monoisotopic (exact) mass is 409 g/mol. The van der Waals surface area contributed by atoms with Crippen molar-refractivity contribution in [1.29, 1.82) is 0 Å². The normalized spacial score (nSPS) is 11.4. The minimum Gasteiger partial charge on any atom is -0.217 e. The van der Waals surface area contributed by atoms with Crippen molar-refractivity contribution in [2.24, 2.45) is 0 Å². The Balaban J connectivity index is 1.79. The van der Waals surface area contributed by atoms with Gasteiger partial charge in [0.15, 0.2) is 5.82 Å². The number of alkyl halides is 3. The summed E-state index contributed by atoms with van der Waals surface area (Å²) in [6, 6.07) is 23.8. The molecule has 0 aliphatic carbocycles. The molecular weight excluding hydrogens is 395 g/mol. The van der Waals surface area contributed by atoms with Crippen molar-refractivity contribution in [2.45, 2.75) is 16.1 Å². The first-order valence-corrected chi connectivity index (χ1v) is 9.53. The van der Waals surface area contributed by atoms with Crippen LogP contribution in [0.1, 0.15) is 5.56 Å². The van der Waals surface area contributed by atoms with Crippen molar-refractivity contribution in [3.63, 3.8) is 0 Å². The minimum atomic E-state index is -4.40. The van der Waals surface area contributed by atoms with E-state index in [1.807, 2.05) is 60.7 Å². The molecule has 3 nitrogen and oxygen atoms in total. The van der Waals surface area contributed by atoms with Crippen molar-refractivity contribution in [1.82, 2.24) is 15.2 Å². The molecule has 0 fully saturated rings. The zero-order valence-corrected chi connectivity index (χ0v) is 15.8. The summed E-state index contributed by atoms with van der Waals surface area (Å²) in [6.45, 7) is 0. The van der Waals surface area contributed by atoms with Crippen molar-refractivity contribution in [3.05, 3.63) is 90.5 Å². The highest BCUT2D eigenvalue weighted by Gasteiger charge is 2.30. The van der Waals surface area contributed by atoms with Crippen LogP contribution in [-0.2, 0) is 6.18 Å². The van der Waals surface area contributed by atoms with Crippen molar-refractivity contribution in [2.75, 3.05) is 0 Å². The van der Waals surface area contributed by atoms with Crippen molar-refractivity contribution < 1.29 is 13.2 Å². The van der Waals surface area contributed by atoms with Crippen molar-refractivity contribution in [3.8, 4) is 22.6 Å². The lowest BCUT2D eigenvalue weighted by Crippen LogP contribution is -2.04. The van der Waals surface area contributed by atoms with Crippen LogP contribution in [-0.4, -0.2) is 15.2 Å². The summed E-state index contributed by atoms with van der Waals surface area (Å²) in [5.41, 5.74) is 1.40. The van der Waals surface area contributed by atoms with Crippen LogP contribution in [0.3, 0.4) is 0 Å². The number of aromatic nitrogens is 3. The molecule has 0 saturated carbocycles. The maximum Gasteiger partial charge on any atom is 0.416 e. The van der Waals surface area contributed by atoms with E-state index in [1.54, 1.807) is 6.07 Å². The van der Waals surface area contributed by atoms with Crippen LogP contribution in [0, 0.1) is 0 Å². The molecule has 0 spiro atoms. The van der Waals surface area contributed by atoms with E-state index in [0.29, 0.717) is 21.4 Å². The summed E-state index contributed by atoms with van der Waals surface area (Å²) in [6.07, 6.45) is -4.40. The molecule has 1 aromatic heterocycles. The second kappa shape index (κ2) is 8.05. The summed E-state index contributed by atoms with van der Waals surface area (Å²) < 4.78 is 39.3. The van der Waals surface area contributed by atoms with E-state index in [4.69, 9.17) is 0 Å². The first-order valence-electron chi connectivity index (χ1n) is 8.71. The lowest BCUT2D eigenvalue weighted by molar-refractivity contribution is -0.137. The van der Waals surface area contributed by atoms with Gasteiger partial charge in [0.1, 0.15) is 10.7 Å². The number of rotatable bonds is 4. The quantitative estimate of drug-likeness (QED) is 0.392. The molecular formula is C22H14F3N3S. The van der Waals surface area contributed by atoms with Crippen molar-refractivity contribution >= 4 is 11.8 Å². The van der Waals surface area contributed by atoms with Gasteiger partial charge >= 0.3 is 6.18 Å². The highest BCUT2D eigenvalue weighted by atomic mass is 32.2. The van der Waals surface area contributed by atoms with Gasteiger partial charge in [-0.2, -0.15) is 13.2 Å². The minimum absolute atomic E-state index is 0.416. The van der Waals surface area contributed by atoms with Crippen LogP contribution in [0.5, 0.6) is 0 Å². The zero-order valence-electron chi connectivity index (χ0n) is 15.0. The molecule has 0 N–H and O–H groups in total. The molecule has 0 saturated heterocycles. The molecule has 0 radical (unpaired) electrons. The highest BCUT2D eigenvalue weighted by Crippen LogP contribution is 2.37. The molecule has 1 heterocycles. The van der Waals surface area contributed by atoms with Crippen LogP contribution >= 0.6 is 11.8 Å². The predicted octanol–water partition coefficient (Wildman–Crippen LogP) is 6.38. The van der Waals surface area contributed by atoms with Gasteiger partial charge in [0.05, 0.1) is 5.56 Å². The van der Waals surface area contributed by atoms with Gasteiger partial charge < -0.3 is 0 Å². The van der Waals surface area contributed by atoms with Gasteiger partial charge in [-0.05, 0) is 18.2 Å². The molecule has 144 valence electrons. The summed E-state index contributed by atoms with van der Waals surface area (Å²) in [5, 5.41) is 9.06. The SMILES string of the molecule is FC(F)(F)c1cccc(Sc2nc(-c3ccccc3)nnc2-c2ccccc2)c1. The maximum atomic E-state index is 13.1. The van der Waals surface area contributed by atoms with E-state index >= 15 is 0 Å².